The van der Waals surface area contributed by atoms with Crippen molar-refractivity contribution in [1.82, 2.24) is 0 Å². The van der Waals surface area contributed by atoms with Crippen LogP contribution in [0.5, 0.6) is 0 Å². The molecule has 0 radical (unpaired) electrons. The van der Waals surface area contributed by atoms with Gasteiger partial charge in [0.15, 0.2) is 0 Å². The van der Waals surface area contributed by atoms with Gasteiger partial charge in [0.2, 0.25) is 0 Å². The van der Waals surface area contributed by atoms with Gasteiger partial charge >= 0.3 is 0 Å². The number of benzene rings is 1. The van der Waals surface area contributed by atoms with Crippen molar-refractivity contribution in [3.05, 3.63) is 28.8 Å². The average Bonchev–Trinajstić information content (AvgIpc) is 2.85. The highest BCUT2D eigenvalue weighted by Crippen LogP contribution is 2.67. The fourth-order valence-electron chi connectivity index (χ4n) is 15.3. The van der Waals surface area contributed by atoms with Gasteiger partial charge in [-0.15, -0.1) is 0 Å². The van der Waals surface area contributed by atoms with E-state index in [1.165, 1.54) is 82.6 Å². The van der Waals surface area contributed by atoms with Crippen LogP contribution in [0.3, 0.4) is 0 Å². The highest BCUT2D eigenvalue weighted by molar-refractivity contribution is 7.86. The molecule has 0 amide bonds. The van der Waals surface area contributed by atoms with E-state index in [2.05, 4.69) is 12.1 Å². The molecular formula is C36H48O3S. The van der Waals surface area contributed by atoms with E-state index in [-0.39, 0.29) is 16.2 Å². The van der Waals surface area contributed by atoms with E-state index in [0.29, 0.717) is 4.90 Å². The zero-order valence-electron chi connectivity index (χ0n) is 24.3. The van der Waals surface area contributed by atoms with E-state index < -0.39 is 10.1 Å². The Kier molecular flexibility index (Phi) is 4.78. The van der Waals surface area contributed by atoms with Gasteiger partial charge in [-0.25, -0.2) is 0 Å². The molecule has 0 spiro atoms. The highest BCUT2D eigenvalue weighted by Gasteiger charge is 2.58. The molecule has 0 unspecified atom stereocenters. The molecule has 0 atom stereocenters. The Hall–Kier alpha value is -0.870. The van der Waals surface area contributed by atoms with Crippen molar-refractivity contribution >= 4 is 10.1 Å². The van der Waals surface area contributed by atoms with Crippen LogP contribution in [0.2, 0.25) is 0 Å². The van der Waals surface area contributed by atoms with Gasteiger partial charge in [-0.05, 0) is 202 Å². The lowest BCUT2D eigenvalue weighted by Gasteiger charge is -2.60. The molecule has 4 heteroatoms. The molecule has 12 aliphatic carbocycles. The number of hydrogen-bond donors (Lipinski definition) is 1. The molecule has 0 heterocycles. The molecule has 1 aromatic rings. The Morgan fingerprint density at radius 3 is 0.975 bits per heavy atom. The predicted octanol–water partition coefficient (Wildman–Crippen LogP) is 8.34. The Morgan fingerprint density at radius 2 is 0.725 bits per heavy atom. The van der Waals surface area contributed by atoms with Crippen molar-refractivity contribution in [3.63, 3.8) is 0 Å². The molecule has 3 nitrogen and oxygen atoms in total. The van der Waals surface area contributed by atoms with Crippen LogP contribution in [0, 0.1) is 53.3 Å². The molecule has 40 heavy (non-hydrogen) atoms. The van der Waals surface area contributed by atoms with Crippen molar-refractivity contribution in [2.45, 2.75) is 137 Å². The van der Waals surface area contributed by atoms with Gasteiger partial charge in [-0.1, -0.05) is 12.1 Å². The Labute approximate surface area is 241 Å². The van der Waals surface area contributed by atoms with Crippen molar-refractivity contribution in [2.24, 2.45) is 53.3 Å². The first-order chi connectivity index (χ1) is 19.2. The molecule has 0 aliphatic heterocycles. The summed E-state index contributed by atoms with van der Waals surface area (Å²) >= 11 is 0. The van der Waals surface area contributed by atoms with Gasteiger partial charge in [-0.3, -0.25) is 4.55 Å². The molecule has 13 rings (SSSR count). The van der Waals surface area contributed by atoms with E-state index >= 15 is 0 Å². The lowest BCUT2D eigenvalue weighted by Crippen LogP contribution is -2.52. The fraction of sp³-hybridized carbons (Fsp3) is 0.833. The van der Waals surface area contributed by atoms with Crippen LogP contribution in [0.15, 0.2) is 17.0 Å². The van der Waals surface area contributed by atoms with Crippen molar-refractivity contribution in [1.29, 1.82) is 0 Å². The highest BCUT2D eigenvalue weighted by atomic mass is 32.2. The number of hydrogen-bond acceptors (Lipinski definition) is 2. The molecule has 216 valence electrons. The van der Waals surface area contributed by atoms with Crippen molar-refractivity contribution in [2.75, 3.05) is 0 Å². The minimum atomic E-state index is -4.32. The molecule has 12 aliphatic rings. The molecule has 1 aromatic carbocycles. The quantitative estimate of drug-likeness (QED) is 0.377. The van der Waals surface area contributed by atoms with E-state index in [4.69, 9.17) is 0 Å². The first kappa shape index (κ1) is 24.6. The van der Waals surface area contributed by atoms with Gasteiger partial charge in [0.25, 0.3) is 10.1 Å². The van der Waals surface area contributed by atoms with Crippen LogP contribution in [-0.4, -0.2) is 13.0 Å². The maximum atomic E-state index is 13.8. The third kappa shape index (κ3) is 3.36. The third-order valence-electron chi connectivity index (χ3n) is 15.2. The van der Waals surface area contributed by atoms with E-state index in [0.717, 1.165) is 103 Å². The van der Waals surface area contributed by atoms with E-state index in [1.807, 2.05) is 0 Å². The molecule has 1 N–H and O–H groups in total. The Balaban J connectivity index is 1.23. The van der Waals surface area contributed by atoms with Crippen molar-refractivity contribution < 1.29 is 13.0 Å². The van der Waals surface area contributed by atoms with Crippen LogP contribution in [0.25, 0.3) is 0 Å². The largest absolute Gasteiger partial charge is 0.295 e. The van der Waals surface area contributed by atoms with E-state index in [1.54, 1.807) is 0 Å². The van der Waals surface area contributed by atoms with Crippen LogP contribution in [0.1, 0.15) is 132 Å². The van der Waals surface area contributed by atoms with Crippen LogP contribution < -0.4 is 0 Å². The SMILES string of the molecule is O=S(=O)(O)c1c(C23CC4CC(CC(C4)C2)C3)cc(C23CC4CC(CC(C4)C2)C3)cc1C12CC3CC(CC(C3)C1)C2. The Morgan fingerprint density at radius 1 is 0.475 bits per heavy atom. The van der Waals surface area contributed by atoms with Gasteiger partial charge in [-0.2, -0.15) is 8.42 Å². The molecule has 12 bridgehead atoms. The zero-order valence-corrected chi connectivity index (χ0v) is 25.1. The molecule has 0 aromatic heterocycles. The normalized spacial score (nSPS) is 53.1. The maximum absolute atomic E-state index is 13.8. The Bertz CT molecular complexity index is 1220. The first-order valence-electron chi connectivity index (χ1n) is 17.3. The molecular weight excluding hydrogens is 512 g/mol. The summed E-state index contributed by atoms with van der Waals surface area (Å²) in [5.74, 6) is 7.16. The molecule has 12 saturated carbocycles. The van der Waals surface area contributed by atoms with Gasteiger partial charge in [0.05, 0.1) is 0 Å². The maximum Gasteiger partial charge on any atom is 0.295 e. The summed E-state index contributed by atoms with van der Waals surface area (Å²) in [5.41, 5.74) is 3.95. The van der Waals surface area contributed by atoms with Crippen molar-refractivity contribution in [3.8, 4) is 0 Å². The fourth-order valence-corrected chi connectivity index (χ4v) is 16.5. The lowest BCUT2D eigenvalue weighted by atomic mass is 9.45. The summed E-state index contributed by atoms with van der Waals surface area (Å²) < 4.78 is 38.8. The summed E-state index contributed by atoms with van der Waals surface area (Å²) in [6.07, 6.45) is 23.4. The summed E-state index contributed by atoms with van der Waals surface area (Å²) in [4.78, 5) is 0.435. The minimum absolute atomic E-state index is 0.0325. The first-order valence-corrected chi connectivity index (χ1v) is 18.8. The lowest BCUT2D eigenvalue weighted by molar-refractivity contribution is -0.0138. The summed E-state index contributed by atoms with van der Waals surface area (Å²) in [5, 5.41) is 0. The molecule has 0 saturated heterocycles. The second-order valence-corrected chi connectivity index (χ2v) is 19.3. The topological polar surface area (TPSA) is 54.4 Å². The molecule has 12 fully saturated rings. The van der Waals surface area contributed by atoms with E-state index in [9.17, 15) is 13.0 Å². The number of rotatable bonds is 4. The van der Waals surface area contributed by atoms with Gasteiger partial charge in [0, 0.05) is 0 Å². The second kappa shape index (κ2) is 7.79. The monoisotopic (exact) mass is 560 g/mol. The van der Waals surface area contributed by atoms with Crippen LogP contribution in [0.4, 0.5) is 0 Å². The summed E-state index contributed by atoms with van der Waals surface area (Å²) in [7, 11) is -4.32. The smallest absolute Gasteiger partial charge is 0.282 e. The standard InChI is InChI=1S/C36H48O3S/c37-40(38,39)33-31(35-15-24-4-25(16-35)6-26(5-24)17-35)10-30(34-12-21-1-22(13-34)3-23(2-21)14-34)11-32(33)36-18-27-7-28(19-36)9-29(8-27)20-36/h10-11,21-29H,1-9,12-20H2,(H,37,38,39). The third-order valence-corrected chi connectivity index (χ3v) is 16.2. The second-order valence-electron chi connectivity index (χ2n) is 18.0. The van der Waals surface area contributed by atoms with Gasteiger partial charge < -0.3 is 0 Å². The average molecular weight is 561 g/mol. The predicted molar refractivity (Wildman–Crippen MR) is 156 cm³/mol. The minimum Gasteiger partial charge on any atom is -0.282 e. The summed E-state index contributed by atoms with van der Waals surface area (Å²) in [6.45, 7) is 0. The van der Waals surface area contributed by atoms with Gasteiger partial charge in [0.1, 0.15) is 4.90 Å². The van der Waals surface area contributed by atoms with Crippen LogP contribution in [-0.2, 0) is 26.4 Å². The zero-order chi connectivity index (χ0) is 26.6. The summed E-state index contributed by atoms with van der Waals surface area (Å²) in [6, 6.07) is 4.93. The van der Waals surface area contributed by atoms with Crippen LogP contribution >= 0.6 is 0 Å².